The van der Waals surface area contributed by atoms with Crippen molar-refractivity contribution in [3.05, 3.63) is 6.20 Å². The third-order valence-corrected chi connectivity index (χ3v) is 1.61. The fourth-order valence-electron chi connectivity index (χ4n) is 0.947. The van der Waals surface area contributed by atoms with Crippen LogP contribution in [0.25, 0.3) is 0 Å². The molecule has 0 aromatic carbocycles. The van der Waals surface area contributed by atoms with E-state index in [4.69, 9.17) is 5.73 Å². The molecule has 2 N–H and O–H groups in total. The molecule has 0 fully saturated rings. The van der Waals surface area contributed by atoms with Crippen molar-refractivity contribution in [3.8, 4) is 0 Å². The van der Waals surface area contributed by atoms with E-state index >= 15 is 0 Å². The number of rotatable bonds is 2. The SMILES string of the molecule is CN(C)c1ncc(N)c(N(C)C)n1. The first-order chi connectivity index (χ1) is 6.02. The third-order valence-electron chi connectivity index (χ3n) is 1.61. The predicted octanol–water partition coefficient (Wildman–Crippen LogP) is 0.191. The van der Waals surface area contributed by atoms with Crippen molar-refractivity contribution in [2.45, 2.75) is 0 Å². The lowest BCUT2D eigenvalue weighted by molar-refractivity contribution is 0.971. The average Bonchev–Trinajstić information content (AvgIpc) is 2.04. The van der Waals surface area contributed by atoms with Gasteiger partial charge in [-0.1, -0.05) is 0 Å². The summed E-state index contributed by atoms with van der Waals surface area (Å²) in [5.41, 5.74) is 6.30. The highest BCUT2D eigenvalue weighted by Gasteiger charge is 2.06. The molecular weight excluding hydrogens is 166 g/mol. The Morgan fingerprint density at radius 3 is 2.23 bits per heavy atom. The Bertz CT molecular complexity index is 295. The molecule has 13 heavy (non-hydrogen) atoms. The van der Waals surface area contributed by atoms with Crippen molar-refractivity contribution in [2.24, 2.45) is 0 Å². The summed E-state index contributed by atoms with van der Waals surface area (Å²) in [5, 5.41) is 0. The average molecular weight is 181 g/mol. The molecule has 0 saturated carbocycles. The van der Waals surface area contributed by atoms with Gasteiger partial charge in [0.15, 0.2) is 5.82 Å². The summed E-state index contributed by atoms with van der Waals surface area (Å²) >= 11 is 0. The molecule has 0 amide bonds. The number of nitrogens with zero attached hydrogens (tertiary/aromatic N) is 4. The molecule has 0 aliphatic carbocycles. The highest BCUT2D eigenvalue weighted by molar-refractivity contribution is 5.62. The van der Waals surface area contributed by atoms with Crippen LogP contribution in [0.15, 0.2) is 6.20 Å². The van der Waals surface area contributed by atoms with Crippen LogP contribution < -0.4 is 15.5 Å². The minimum atomic E-state index is 0.593. The Labute approximate surface area is 78.2 Å². The summed E-state index contributed by atoms with van der Waals surface area (Å²) < 4.78 is 0. The van der Waals surface area contributed by atoms with E-state index in [1.165, 1.54) is 0 Å². The van der Waals surface area contributed by atoms with Gasteiger partial charge in [0.1, 0.15) is 0 Å². The second-order valence-corrected chi connectivity index (χ2v) is 3.24. The van der Waals surface area contributed by atoms with Crippen LogP contribution in [0.2, 0.25) is 0 Å². The molecule has 5 nitrogen and oxygen atoms in total. The van der Waals surface area contributed by atoms with Crippen LogP contribution in [-0.2, 0) is 0 Å². The lowest BCUT2D eigenvalue weighted by Crippen LogP contribution is -2.18. The van der Waals surface area contributed by atoms with E-state index in [2.05, 4.69) is 9.97 Å². The van der Waals surface area contributed by atoms with E-state index < -0.39 is 0 Å². The number of anilines is 3. The van der Waals surface area contributed by atoms with Crippen LogP contribution >= 0.6 is 0 Å². The molecular formula is C8H15N5. The minimum absolute atomic E-state index is 0.593. The highest BCUT2D eigenvalue weighted by atomic mass is 15.3. The van der Waals surface area contributed by atoms with Gasteiger partial charge in [0.25, 0.3) is 0 Å². The lowest BCUT2D eigenvalue weighted by Gasteiger charge is -2.16. The van der Waals surface area contributed by atoms with Crippen molar-refractivity contribution in [1.82, 2.24) is 9.97 Å². The maximum Gasteiger partial charge on any atom is 0.226 e. The summed E-state index contributed by atoms with van der Waals surface area (Å²) in [4.78, 5) is 12.1. The largest absolute Gasteiger partial charge is 0.394 e. The van der Waals surface area contributed by atoms with Gasteiger partial charge >= 0.3 is 0 Å². The van der Waals surface area contributed by atoms with Crippen LogP contribution in [0.4, 0.5) is 17.5 Å². The summed E-state index contributed by atoms with van der Waals surface area (Å²) in [6.07, 6.45) is 1.62. The second kappa shape index (κ2) is 3.47. The number of nitrogens with two attached hydrogens (primary N) is 1. The van der Waals surface area contributed by atoms with Crippen molar-refractivity contribution in [3.63, 3.8) is 0 Å². The zero-order valence-electron chi connectivity index (χ0n) is 8.44. The lowest BCUT2D eigenvalue weighted by atomic mass is 10.4. The summed E-state index contributed by atoms with van der Waals surface area (Å²) in [7, 11) is 7.59. The zero-order valence-corrected chi connectivity index (χ0v) is 8.44. The van der Waals surface area contributed by atoms with Gasteiger partial charge in [0, 0.05) is 28.2 Å². The number of nitrogen functional groups attached to an aromatic ring is 1. The quantitative estimate of drug-likeness (QED) is 0.706. The molecule has 0 aliphatic rings. The van der Waals surface area contributed by atoms with E-state index in [9.17, 15) is 0 Å². The Morgan fingerprint density at radius 2 is 1.77 bits per heavy atom. The van der Waals surface area contributed by atoms with Gasteiger partial charge in [-0.05, 0) is 0 Å². The van der Waals surface area contributed by atoms with Crippen molar-refractivity contribution in [1.29, 1.82) is 0 Å². The number of aromatic nitrogens is 2. The molecule has 1 aromatic heterocycles. The van der Waals surface area contributed by atoms with Crippen LogP contribution in [-0.4, -0.2) is 38.2 Å². The Morgan fingerprint density at radius 1 is 1.15 bits per heavy atom. The van der Waals surface area contributed by atoms with Gasteiger partial charge in [-0.15, -0.1) is 0 Å². The van der Waals surface area contributed by atoms with Gasteiger partial charge in [-0.2, -0.15) is 4.98 Å². The van der Waals surface area contributed by atoms with Crippen molar-refractivity contribution in [2.75, 3.05) is 43.7 Å². The van der Waals surface area contributed by atoms with Crippen molar-refractivity contribution < 1.29 is 0 Å². The van der Waals surface area contributed by atoms with Gasteiger partial charge < -0.3 is 15.5 Å². The normalized spacial score (nSPS) is 9.85. The topological polar surface area (TPSA) is 58.3 Å². The van der Waals surface area contributed by atoms with E-state index in [0.29, 0.717) is 11.6 Å². The first-order valence-corrected chi connectivity index (χ1v) is 3.99. The summed E-state index contributed by atoms with van der Waals surface area (Å²) in [6, 6.07) is 0. The Balaban J connectivity index is 3.11. The summed E-state index contributed by atoms with van der Waals surface area (Å²) in [5.74, 6) is 1.41. The molecule has 0 radical (unpaired) electrons. The minimum Gasteiger partial charge on any atom is -0.394 e. The first-order valence-electron chi connectivity index (χ1n) is 3.99. The van der Waals surface area contributed by atoms with Crippen LogP contribution in [0.5, 0.6) is 0 Å². The molecule has 1 aromatic rings. The monoisotopic (exact) mass is 181 g/mol. The van der Waals surface area contributed by atoms with Gasteiger partial charge in [-0.25, -0.2) is 4.98 Å². The molecule has 0 saturated heterocycles. The Kier molecular flexibility index (Phi) is 2.55. The molecule has 0 atom stereocenters. The van der Waals surface area contributed by atoms with E-state index in [-0.39, 0.29) is 0 Å². The van der Waals surface area contributed by atoms with E-state index in [1.54, 1.807) is 6.20 Å². The predicted molar refractivity (Wildman–Crippen MR) is 55.1 cm³/mol. The van der Waals surface area contributed by atoms with Crippen LogP contribution in [0, 0.1) is 0 Å². The molecule has 0 aliphatic heterocycles. The molecule has 5 heteroatoms. The van der Waals surface area contributed by atoms with Gasteiger partial charge in [-0.3, -0.25) is 0 Å². The van der Waals surface area contributed by atoms with Crippen LogP contribution in [0.1, 0.15) is 0 Å². The molecule has 0 bridgehead atoms. The Hall–Kier alpha value is -1.52. The highest BCUT2D eigenvalue weighted by Crippen LogP contribution is 2.18. The fraction of sp³-hybridized carbons (Fsp3) is 0.500. The molecule has 1 heterocycles. The van der Waals surface area contributed by atoms with Crippen molar-refractivity contribution >= 4 is 17.5 Å². The maximum atomic E-state index is 5.71. The van der Waals surface area contributed by atoms with Crippen LogP contribution in [0.3, 0.4) is 0 Å². The number of hydrogen-bond acceptors (Lipinski definition) is 5. The molecule has 1 rings (SSSR count). The van der Waals surface area contributed by atoms with E-state index in [0.717, 1.165) is 5.82 Å². The molecule has 72 valence electrons. The maximum absolute atomic E-state index is 5.71. The smallest absolute Gasteiger partial charge is 0.226 e. The standard InChI is InChI=1S/C8H15N5/c1-12(2)7-6(9)5-10-8(11-7)13(3)4/h5H,9H2,1-4H3. The molecule has 0 spiro atoms. The fourth-order valence-corrected chi connectivity index (χ4v) is 0.947. The summed E-state index contributed by atoms with van der Waals surface area (Å²) in [6.45, 7) is 0. The third kappa shape index (κ3) is 1.99. The van der Waals surface area contributed by atoms with Gasteiger partial charge in [0.2, 0.25) is 5.95 Å². The number of hydrogen-bond donors (Lipinski definition) is 1. The van der Waals surface area contributed by atoms with E-state index in [1.807, 2.05) is 38.0 Å². The molecule has 0 unspecified atom stereocenters. The first kappa shape index (κ1) is 9.57. The zero-order chi connectivity index (χ0) is 10.0. The van der Waals surface area contributed by atoms with Gasteiger partial charge in [0.05, 0.1) is 11.9 Å². The second-order valence-electron chi connectivity index (χ2n) is 3.24.